The maximum absolute atomic E-state index is 11.3. The summed E-state index contributed by atoms with van der Waals surface area (Å²) in [6, 6.07) is 0. The van der Waals surface area contributed by atoms with Crippen LogP contribution in [0.5, 0.6) is 0 Å². The highest BCUT2D eigenvalue weighted by Gasteiger charge is 2.35. The average molecular weight is 128 g/mol. The quantitative estimate of drug-likeness (QED) is 0.521. The lowest BCUT2D eigenvalue weighted by Gasteiger charge is -2.12. The summed E-state index contributed by atoms with van der Waals surface area (Å²) >= 11 is 0. The van der Waals surface area contributed by atoms with E-state index in [0.717, 1.165) is 14.0 Å². The molecule has 0 fully saturated rings. The lowest BCUT2D eigenvalue weighted by atomic mass is 10.4. The molecule has 1 nitrogen and oxygen atoms in total. The first-order valence-corrected chi connectivity index (χ1v) is 2.08. The summed E-state index contributed by atoms with van der Waals surface area (Å²) in [6.07, 6.45) is -5.86. The van der Waals surface area contributed by atoms with E-state index in [1.54, 1.807) is 0 Å². The molecule has 0 aliphatic carbocycles. The van der Waals surface area contributed by atoms with Gasteiger partial charge < -0.3 is 4.74 Å². The third-order valence-electron chi connectivity index (χ3n) is 0.815. The number of ether oxygens (including phenoxy) is 1. The molecule has 0 aliphatic rings. The predicted octanol–water partition coefficient (Wildman–Crippen LogP) is 1.58. The SMILES string of the molecule is CO[C@@H](C)C(F)(F)F. The van der Waals surface area contributed by atoms with Crippen LogP contribution in [-0.4, -0.2) is 19.4 Å². The third kappa shape index (κ3) is 2.16. The van der Waals surface area contributed by atoms with E-state index in [1.165, 1.54) is 0 Å². The van der Waals surface area contributed by atoms with Crippen LogP contribution in [0.2, 0.25) is 0 Å². The van der Waals surface area contributed by atoms with Crippen molar-refractivity contribution in [3.05, 3.63) is 0 Å². The third-order valence-corrected chi connectivity index (χ3v) is 0.815. The minimum absolute atomic E-state index is 0.958. The highest BCUT2D eigenvalue weighted by Crippen LogP contribution is 2.21. The second-order valence-electron chi connectivity index (χ2n) is 1.42. The minimum atomic E-state index is -4.21. The van der Waals surface area contributed by atoms with Crippen molar-refractivity contribution in [3.8, 4) is 0 Å². The van der Waals surface area contributed by atoms with Gasteiger partial charge in [0.25, 0.3) is 0 Å². The Kier molecular flexibility index (Phi) is 2.27. The van der Waals surface area contributed by atoms with E-state index in [9.17, 15) is 13.2 Å². The Morgan fingerprint density at radius 1 is 1.38 bits per heavy atom. The molecule has 0 saturated carbocycles. The van der Waals surface area contributed by atoms with Gasteiger partial charge in [-0.25, -0.2) is 0 Å². The Morgan fingerprint density at radius 2 is 1.75 bits per heavy atom. The maximum atomic E-state index is 11.3. The summed E-state index contributed by atoms with van der Waals surface area (Å²) in [5.41, 5.74) is 0. The molecule has 8 heavy (non-hydrogen) atoms. The highest BCUT2D eigenvalue weighted by molar-refractivity contribution is 4.58. The van der Waals surface area contributed by atoms with Gasteiger partial charge in [0, 0.05) is 7.11 Å². The van der Waals surface area contributed by atoms with Crippen molar-refractivity contribution < 1.29 is 17.9 Å². The molecule has 0 heterocycles. The Bertz CT molecular complexity index is 68.2. The van der Waals surface area contributed by atoms with Crippen molar-refractivity contribution in [1.82, 2.24) is 0 Å². The molecule has 0 amide bonds. The van der Waals surface area contributed by atoms with E-state index < -0.39 is 12.3 Å². The summed E-state index contributed by atoms with van der Waals surface area (Å²) in [6.45, 7) is 0.958. The normalized spacial score (nSPS) is 16.1. The molecule has 0 aromatic carbocycles. The van der Waals surface area contributed by atoms with Crippen LogP contribution < -0.4 is 0 Å². The zero-order valence-electron chi connectivity index (χ0n) is 4.62. The van der Waals surface area contributed by atoms with Gasteiger partial charge in [0.1, 0.15) is 6.10 Å². The Balaban J connectivity index is 3.62. The second kappa shape index (κ2) is 2.35. The first kappa shape index (κ1) is 7.75. The summed E-state index contributed by atoms with van der Waals surface area (Å²) in [5, 5.41) is 0. The molecule has 0 radical (unpaired) electrons. The Morgan fingerprint density at radius 3 is 1.75 bits per heavy atom. The fraction of sp³-hybridized carbons (Fsp3) is 1.00. The zero-order valence-corrected chi connectivity index (χ0v) is 4.62. The predicted molar refractivity (Wildman–Crippen MR) is 22.5 cm³/mol. The van der Waals surface area contributed by atoms with Gasteiger partial charge in [0.15, 0.2) is 0 Å². The molecule has 0 rings (SSSR count). The van der Waals surface area contributed by atoms with Crippen LogP contribution in [0.4, 0.5) is 13.2 Å². The van der Waals surface area contributed by atoms with Crippen LogP contribution in [0.1, 0.15) is 6.92 Å². The van der Waals surface area contributed by atoms with Gasteiger partial charge in [-0.2, -0.15) is 13.2 Å². The van der Waals surface area contributed by atoms with Crippen LogP contribution in [0.25, 0.3) is 0 Å². The first-order chi connectivity index (χ1) is 3.48. The van der Waals surface area contributed by atoms with Crippen molar-refractivity contribution in [2.24, 2.45) is 0 Å². The smallest absolute Gasteiger partial charge is 0.372 e. The fourth-order valence-corrected chi connectivity index (χ4v) is 0.134. The van der Waals surface area contributed by atoms with Crippen molar-refractivity contribution in [2.75, 3.05) is 7.11 Å². The lowest BCUT2D eigenvalue weighted by molar-refractivity contribution is -0.206. The number of halogens is 3. The number of alkyl halides is 3. The molecule has 0 saturated heterocycles. The van der Waals surface area contributed by atoms with Crippen molar-refractivity contribution in [3.63, 3.8) is 0 Å². The van der Waals surface area contributed by atoms with Gasteiger partial charge >= 0.3 is 6.18 Å². The molecule has 0 spiro atoms. The topological polar surface area (TPSA) is 9.23 Å². The number of hydrogen-bond acceptors (Lipinski definition) is 1. The average Bonchev–Trinajstić information content (AvgIpc) is 1.62. The van der Waals surface area contributed by atoms with Gasteiger partial charge in [-0.15, -0.1) is 0 Å². The summed E-state index contributed by atoms with van der Waals surface area (Å²) in [5.74, 6) is 0. The van der Waals surface area contributed by atoms with Gasteiger partial charge in [0.2, 0.25) is 0 Å². The van der Waals surface area contributed by atoms with E-state index in [2.05, 4.69) is 4.74 Å². The molecule has 1 atom stereocenters. The van der Waals surface area contributed by atoms with Gasteiger partial charge in [-0.3, -0.25) is 0 Å². The van der Waals surface area contributed by atoms with Crippen LogP contribution in [-0.2, 0) is 4.74 Å². The summed E-state index contributed by atoms with van der Waals surface area (Å²) < 4.78 is 38.0. The molecule has 0 aromatic rings. The molecule has 0 unspecified atom stereocenters. The monoisotopic (exact) mass is 128 g/mol. The molecule has 0 aliphatic heterocycles. The molecule has 0 N–H and O–H groups in total. The van der Waals surface area contributed by atoms with Crippen LogP contribution in [0.15, 0.2) is 0 Å². The standard InChI is InChI=1S/C4H7F3O/c1-3(8-2)4(5,6)7/h3H,1-2H3/t3-/m0/s1. The second-order valence-corrected chi connectivity index (χ2v) is 1.42. The maximum Gasteiger partial charge on any atom is 0.414 e. The van der Waals surface area contributed by atoms with E-state index in [-0.39, 0.29) is 0 Å². The molecule has 4 heteroatoms. The number of methoxy groups -OCH3 is 1. The van der Waals surface area contributed by atoms with Crippen molar-refractivity contribution >= 4 is 0 Å². The Hall–Kier alpha value is -0.250. The van der Waals surface area contributed by atoms with E-state index in [0.29, 0.717) is 0 Å². The Labute approximate surface area is 45.4 Å². The zero-order chi connectivity index (χ0) is 6.78. The lowest BCUT2D eigenvalue weighted by Crippen LogP contribution is -2.26. The van der Waals surface area contributed by atoms with Crippen molar-refractivity contribution in [2.45, 2.75) is 19.2 Å². The van der Waals surface area contributed by atoms with Gasteiger partial charge in [-0.05, 0) is 6.92 Å². The molecule has 0 aromatic heterocycles. The summed E-state index contributed by atoms with van der Waals surface area (Å²) in [4.78, 5) is 0. The number of rotatable bonds is 1. The molecule has 50 valence electrons. The molecular weight excluding hydrogens is 121 g/mol. The van der Waals surface area contributed by atoms with Crippen LogP contribution in [0.3, 0.4) is 0 Å². The van der Waals surface area contributed by atoms with E-state index in [4.69, 9.17) is 0 Å². The van der Waals surface area contributed by atoms with Gasteiger partial charge in [0.05, 0.1) is 0 Å². The van der Waals surface area contributed by atoms with Crippen molar-refractivity contribution in [1.29, 1.82) is 0 Å². The van der Waals surface area contributed by atoms with E-state index >= 15 is 0 Å². The molecular formula is C4H7F3O. The van der Waals surface area contributed by atoms with E-state index in [1.807, 2.05) is 0 Å². The van der Waals surface area contributed by atoms with Crippen LogP contribution in [0, 0.1) is 0 Å². The highest BCUT2D eigenvalue weighted by atomic mass is 19.4. The van der Waals surface area contributed by atoms with Gasteiger partial charge in [-0.1, -0.05) is 0 Å². The minimum Gasteiger partial charge on any atom is -0.372 e. The largest absolute Gasteiger partial charge is 0.414 e. The fourth-order valence-electron chi connectivity index (χ4n) is 0.134. The first-order valence-electron chi connectivity index (χ1n) is 2.08. The molecule has 0 bridgehead atoms. The van der Waals surface area contributed by atoms with Crippen LogP contribution >= 0.6 is 0 Å². The number of hydrogen-bond donors (Lipinski definition) is 0. The summed E-state index contributed by atoms with van der Waals surface area (Å²) in [7, 11) is 1.03.